The fourth-order valence-corrected chi connectivity index (χ4v) is 2.36. The van der Waals surface area contributed by atoms with E-state index in [1.54, 1.807) is 6.26 Å². The summed E-state index contributed by atoms with van der Waals surface area (Å²) < 4.78 is 6.61. The lowest BCUT2D eigenvalue weighted by molar-refractivity contribution is 0.582. The van der Waals surface area contributed by atoms with Gasteiger partial charge in [-0.05, 0) is 17.7 Å². The Morgan fingerprint density at radius 3 is 3.08 bits per heavy atom. The number of fused-ring (bicyclic) bond motifs is 3. The zero-order chi connectivity index (χ0) is 8.84. The van der Waals surface area contributed by atoms with E-state index in [-0.39, 0.29) is 0 Å². The van der Waals surface area contributed by atoms with Crippen molar-refractivity contribution in [2.45, 2.75) is 6.42 Å². The minimum Gasteiger partial charge on any atom is -0.464 e. The standard InChI is InChI=1S/C11H7BrO/c12-10-3-1-2-8-9(10)6-7-4-5-13-11(7)8/h1-5H,6H2. The molecule has 1 aliphatic rings. The second-order valence-corrected chi connectivity index (χ2v) is 4.07. The van der Waals surface area contributed by atoms with Gasteiger partial charge in [0.15, 0.2) is 0 Å². The maximum atomic E-state index is 5.44. The number of furan rings is 1. The predicted molar refractivity (Wildman–Crippen MR) is 54.7 cm³/mol. The molecule has 0 fully saturated rings. The third-order valence-electron chi connectivity index (χ3n) is 2.48. The van der Waals surface area contributed by atoms with Gasteiger partial charge in [-0.15, -0.1) is 0 Å². The van der Waals surface area contributed by atoms with E-state index < -0.39 is 0 Å². The molecule has 2 aromatic rings. The minimum atomic E-state index is 0.989. The van der Waals surface area contributed by atoms with E-state index in [4.69, 9.17) is 4.42 Å². The molecule has 0 N–H and O–H groups in total. The Kier molecular flexibility index (Phi) is 1.41. The Morgan fingerprint density at radius 2 is 2.15 bits per heavy atom. The highest BCUT2D eigenvalue weighted by molar-refractivity contribution is 9.10. The average molecular weight is 235 g/mol. The number of hydrogen-bond donors (Lipinski definition) is 0. The predicted octanol–water partition coefficient (Wildman–Crippen LogP) is 3.61. The molecule has 0 bridgehead atoms. The average Bonchev–Trinajstić information content (AvgIpc) is 2.65. The fourth-order valence-electron chi connectivity index (χ4n) is 1.85. The number of hydrogen-bond acceptors (Lipinski definition) is 1. The Bertz CT molecular complexity index is 471. The van der Waals surface area contributed by atoms with Crippen LogP contribution in [-0.4, -0.2) is 0 Å². The smallest absolute Gasteiger partial charge is 0.137 e. The van der Waals surface area contributed by atoms with E-state index in [1.807, 2.05) is 12.1 Å². The quantitative estimate of drug-likeness (QED) is 0.580. The van der Waals surface area contributed by atoms with Gasteiger partial charge in [-0.3, -0.25) is 0 Å². The molecule has 1 aromatic heterocycles. The lowest BCUT2D eigenvalue weighted by Crippen LogP contribution is -1.81. The van der Waals surface area contributed by atoms with Crippen molar-refractivity contribution in [3.05, 3.63) is 46.1 Å². The van der Waals surface area contributed by atoms with Crippen molar-refractivity contribution in [3.8, 4) is 11.3 Å². The van der Waals surface area contributed by atoms with Crippen LogP contribution in [0, 0.1) is 0 Å². The molecule has 1 heterocycles. The molecule has 0 saturated heterocycles. The third-order valence-corrected chi connectivity index (χ3v) is 3.22. The van der Waals surface area contributed by atoms with Gasteiger partial charge in [-0.2, -0.15) is 0 Å². The van der Waals surface area contributed by atoms with Gasteiger partial charge in [0.25, 0.3) is 0 Å². The highest BCUT2D eigenvalue weighted by Gasteiger charge is 2.22. The summed E-state index contributed by atoms with van der Waals surface area (Å²) in [6.45, 7) is 0. The van der Waals surface area contributed by atoms with Gasteiger partial charge in [0.1, 0.15) is 5.76 Å². The zero-order valence-electron chi connectivity index (χ0n) is 6.88. The summed E-state index contributed by atoms with van der Waals surface area (Å²) in [6.07, 6.45) is 2.75. The summed E-state index contributed by atoms with van der Waals surface area (Å²) in [5.74, 6) is 1.04. The van der Waals surface area contributed by atoms with Crippen LogP contribution in [-0.2, 0) is 6.42 Å². The van der Waals surface area contributed by atoms with Crippen LogP contribution in [0.5, 0.6) is 0 Å². The monoisotopic (exact) mass is 234 g/mol. The van der Waals surface area contributed by atoms with Crippen molar-refractivity contribution >= 4 is 15.9 Å². The van der Waals surface area contributed by atoms with Crippen LogP contribution in [0.3, 0.4) is 0 Å². The second kappa shape index (κ2) is 2.48. The molecule has 0 saturated carbocycles. The van der Waals surface area contributed by atoms with E-state index >= 15 is 0 Å². The lowest BCUT2D eigenvalue weighted by atomic mass is 10.1. The fraction of sp³-hybridized carbons (Fsp3) is 0.0909. The summed E-state index contributed by atoms with van der Waals surface area (Å²) >= 11 is 3.55. The molecule has 0 atom stereocenters. The van der Waals surface area contributed by atoms with Crippen LogP contribution in [0.2, 0.25) is 0 Å². The molecule has 1 nitrogen and oxygen atoms in total. The molecule has 0 amide bonds. The van der Waals surface area contributed by atoms with Gasteiger partial charge in [0.05, 0.1) is 6.26 Å². The van der Waals surface area contributed by atoms with Gasteiger partial charge in [-0.1, -0.05) is 28.1 Å². The van der Waals surface area contributed by atoms with Crippen molar-refractivity contribution in [1.82, 2.24) is 0 Å². The SMILES string of the molecule is Brc1cccc2c1Cc1ccoc1-2. The van der Waals surface area contributed by atoms with Crippen LogP contribution in [0.25, 0.3) is 11.3 Å². The molecule has 0 unspecified atom stereocenters. The molecule has 1 aliphatic carbocycles. The van der Waals surface area contributed by atoms with Crippen LogP contribution in [0.15, 0.2) is 39.4 Å². The van der Waals surface area contributed by atoms with E-state index in [9.17, 15) is 0 Å². The Balaban J connectivity index is 2.34. The number of halogens is 1. The summed E-state index contributed by atoms with van der Waals surface area (Å²) in [7, 11) is 0. The highest BCUT2D eigenvalue weighted by Crippen LogP contribution is 2.40. The molecule has 1 aromatic carbocycles. The van der Waals surface area contributed by atoms with Gasteiger partial charge < -0.3 is 4.42 Å². The molecular weight excluding hydrogens is 228 g/mol. The van der Waals surface area contributed by atoms with E-state index in [0.717, 1.165) is 12.2 Å². The first-order valence-corrected chi connectivity index (χ1v) is 4.99. The first kappa shape index (κ1) is 7.39. The second-order valence-electron chi connectivity index (χ2n) is 3.22. The normalized spacial score (nSPS) is 12.7. The molecule has 0 aliphatic heterocycles. The molecule has 13 heavy (non-hydrogen) atoms. The van der Waals surface area contributed by atoms with Crippen molar-refractivity contribution in [1.29, 1.82) is 0 Å². The topological polar surface area (TPSA) is 13.1 Å². The molecule has 3 rings (SSSR count). The summed E-state index contributed by atoms with van der Waals surface area (Å²) in [5, 5.41) is 0. The third kappa shape index (κ3) is 0.923. The van der Waals surface area contributed by atoms with Crippen molar-refractivity contribution in [2.75, 3.05) is 0 Å². The van der Waals surface area contributed by atoms with Crippen LogP contribution in [0.4, 0.5) is 0 Å². The summed E-state index contributed by atoms with van der Waals surface area (Å²) in [4.78, 5) is 0. The van der Waals surface area contributed by atoms with Gasteiger partial charge in [0.2, 0.25) is 0 Å². The van der Waals surface area contributed by atoms with E-state index in [2.05, 4.69) is 28.1 Å². The molecule has 0 radical (unpaired) electrons. The van der Waals surface area contributed by atoms with Crippen molar-refractivity contribution < 1.29 is 4.42 Å². The Hall–Kier alpha value is -1.02. The lowest BCUT2D eigenvalue weighted by Gasteiger charge is -2.00. The number of rotatable bonds is 0. The van der Waals surface area contributed by atoms with E-state index in [1.165, 1.54) is 21.2 Å². The van der Waals surface area contributed by atoms with Crippen molar-refractivity contribution in [2.24, 2.45) is 0 Å². The number of benzene rings is 1. The van der Waals surface area contributed by atoms with E-state index in [0.29, 0.717) is 0 Å². The summed E-state index contributed by atoms with van der Waals surface area (Å²) in [6, 6.07) is 8.27. The molecule has 0 spiro atoms. The highest BCUT2D eigenvalue weighted by atomic mass is 79.9. The Labute approximate surface area is 84.5 Å². The van der Waals surface area contributed by atoms with Gasteiger partial charge >= 0.3 is 0 Å². The van der Waals surface area contributed by atoms with Gasteiger partial charge in [-0.25, -0.2) is 0 Å². The minimum absolute atomic E-state index is 0.989. The van der Waals surface area contributed by atoms with Crippen LogP contribution in [0.1, 0.15) is 11.1 Å². The molecule has 2 heteroatoms. The molecular formula is C11H7BrO. The summed E-state index contributed by atoms with van der Waals surface area (Å²) in [5.41, 5.74) is 3.87. The maximum Gasteiger partial charge on any atom is 0.137 e. The molecule has 64 valence electrons. The van der Waals surface area contributed by atoms with Crippen LogP contribution < -0.4 is 0 Å². The van der Waals surface area contributed by atoms with Gasteiger partial charge in [0, 0.05) is 22.0 Å². The largest absolute Gasteiger partial charge is 0.464 e. The Morgan fingerprint density at radius 1 is 1.23 bits per heavy atom. The first-order chi connectivity index (χ1) is 6.36. The van der Waals surface area contributed by atoms with Crippen LogP contribution >= 0.6 is 15.9 Å². The van der Waals surface area contributed by atoms with Crippen molar-refractivity contribution in [3.63, 3.8) is 0 Å². The first-order valence-electron chi connectivity index (χ1n) is 4.20. The zero-order valence-corrected chi connectivity index (χ0v) is 8.47. The maximum absolute atomic E-state index is 5.44.